The van der Waals surface area contributed by atoms with E-state index in [4.69, 9.17) is 28.4 Å². The number of hydrogen-bond donors (Lipinski definition) is 0. The van der Waals surface area contributed by atoms with E-state index in [9.17, 15) is 24.0 Å². The summed E-state index contributed by atoms with van der Waals surface area (Å²) in [5, 5.41) is 0. The Bertz CT molecular complexity index is 3390. The van der Waals surface area contributed by atoms with E-state index in [1.165, 1.54) is 127 Å². The molecule has 0 spiro atoms. The molecule has 0 fully saturated rings. The smallest absolute Gasteiger partial charge is 0.343 e. The molecule has 8 rings (SSSR count). The summed E-state index contributed by atoms with van der Waals surface area (Å²) < 4.78 is 34.1. The monoisotopic (exact) mass is 1240 g/mol. The summed E-state index contributed by atoms with van der Waals surface area (Å²) in [6, 6.07) is 53.8. The minimum atomic E-state index is -0.578. The zero-order chi connectivity index (χ0) is 64.4. The molecule has 0 atom stereocenters. The van der Waals surface area contributed by atoms with Gasteiger partial charge in [0, 0.05) is 23.6 Å². The summed E-state index contributed by atoms with van der Waals surface area (Å²) in [5.41, 5.74) is 4.82. The summed E-state index contributed by atoms with van der Waals surface area (Å²) >= 11 is 0. The molecule has 0 aliphatic rings. The van der Waals surface area contributed by atoms with E-state index in [2.05, 4.69) is 23.8 Å². The molecule has 8 aromatic rings. The first kappa shape index (κ1) is 68.2. The molecule has 92 heavy (non-hydrogen) atoms. The van der Waals surface area contributed by atoms with Crippen molar-refractivity contribution >= 4 is 53.5 Å². The highest BCUT2D eigenvalue weighted by molar-refractivity contribution is 6.10. The molecule has 0 saturated carbocycles. The van der Waals surface area contributed by atoms with Crippen LogP contribution in [0.1, 0.15) is 211 Å². The van der Waals surface area contributed by atoms with Gasteiger partial charge in [-0.25, -0.2) is 19.2 Å². The van der Waals surface area contributed by atoms with Gasteiger partial charge in [0.25, 0.3) is 0 Å². The topological polar surface area (TPSA) is 165 Å². The molecule has 0 aliphatic heterocycles. The van der Waals surface area contributed by atoms with Crippen molar-refractivity contribution < 1.29 is 52.4 Å². The first-order valence-corrected chi connectivity index (χ1v) is 32.7. The Morgan fingerprint density at radius 3 is 0.848 bits per heavy atom. The van der Waals surface area contributed by atoms with Gasteiger partial charge in [0.15, 0.2) is 5.78 Å². The number of rotatable bonds is 38. The number of nitrogens with zero attached hydrogens (tertiary/aromatic N) is 2. The van der Waals surface area contributed by atoms with Gasteiger partial charge in [-0.3, -0.25) is 14.8 Å². The third-order valence-corrected chi connectivity index (χ3v) is 15.4. The zero-order valence-corrected chi connectivity index (χ0v) is 53.1. The Hall–Kier alpha value is -9.75. The number of ketones is 1. The van der Waals surface area contributed by atoms with Crippen molar-refractivity contribution in [1.29, 1.82) is 0 Å². The first-order valence-electron chi connectivity index (χ1n) is 32.7. The zero-order valence-electron chi connectivity index (χ0n) is 53.1. The summed E-state index contributed by atoms with van der Waals surface area (Å²) in [7, 11) is 0. The molecule has 0 bridgehead atoms. The van der Waals surface area contributed by atoms with Crippen molar-refractivity contribution in [2.75, 3.05) is 13.2 Å². The normalized spacial score (nSPS) is 11.2. The molecule has 0 unspecified atom stereocenters. The fraction of sp³-hybridized carbons (Fsp3) is 0.304. The number of benzene rings is 8. The number of ether oxygens (including phenoxy) is 6. The van der Waals surface area contributed by atoms with Crippen LogP contribution in [-0.2, 0) is 0 Å². The van der Waals surface area contributed by atoms with E-state index in [-0.39, 0.29) is 28.4 Å². The van der Waals surface area contributed by atoms with Crippen molar-refractivity contribution in [2.45, 2.75) is 142 Å². The predicted molar refractivity (Wildman–Crippen MR) is 364 cm³/mol. The highest BCUT2D eigenvalue weighted by Crippen LogP contribution is 2.25. The van der Waals surface area contributed by atoms with Gasteiger partial charge in [-0.1, -0.05) is 154 Å². The summed E-state index contributed by atoms with van der Waals surface area (Å²) in [6.45, 7) is 5.77. The van der Waals surface area contributed by atoms with Gasteiger partial charge in [-0.2, -0.15) is 0 Å². The van der Waals surface area contributed by atoms with E-state index in [0.717, 1.165) is 36.8 Å². The Kier molecular flexibility index (Phi) is 28.2. The van der Waals surface area contributed by atoms with Crippen LogP contribution >= 0.6 is 0 Å². The summed E-state index contributed by atoms with van der Waals surface area (Å²) in [4.78, 5) is 74.7. The molecule has 0 aromatic heterocycles. The van der Waals surface area contributed by atoms with Crippen molar-refractivity contribution in [3.63, 3.8) is 0 Å². The first-order chi connectivity index (χ1) is 45.1. The van der Waals surface area contributed by atoms with Crippen LogP contribution in [0.25, 0.3) is 0 Å². The molecule has 8 aromatic carbocycles. The van der Waals surface area contributed by atoms with Crippen molar-refractivity contribution in [1.82, 2.24) is 0 Å². The lowest BCUT2D eigenvalue weighted by Gasteiger charge is -2.08. The van der Waals surface area contributed by atoms with Crippen LogP contribution in [0.3, 0.4) is 0 Å². The van der Waals surface area contributed by atoms with E-state index in [1.807, 2.05) is 0 Å². The third-order valence-electron chi connectivity index (χ3n) is 15.4. The lowest BCUT2D eigenvalue weighted by Crippen LogP contribution is -2.10. The highest BCUT2D eigenvalue weighted by atomic mass is 16.5. The van der Waals surface area contributed by atoms with Crippen LogP contribution in [0.4, 0.5) is 11.4 Å². The van der Waals surface area contributed by atoms with E-state index >= 15 is 0 Å². The number of hydrogen-bond acceptors (Lipinski definition) is 13. The fourth-order valence-corrected chi connectivity index (χ4v) is 10.1. The maximum Gasteiger partial charge on any atom is 0.343 e. The molecule has 13 nitrogen and oxygen atoms in total. The number of esters is 4. The molecular formula is C79H84N2O11. The molecule has 0 N–H and O–H groups in total. The summed E-state index contributed by atoms with van der Waals surface area (Å²) in [6.07, 6.45) is 28.5. The van der Waals surface area contributed by atoms with E-state index in [0.29, 0.717) is 69.8 Å². The standard InChI is InChI=1S/C79H84N2O11/c1-3-5-7-9-11-13-15-17-19-21-53-87-69-45-33-61(34-46-69)76(83)91-73-49-37-63(38-50-73)78(85)89-71-41-29-59(30-42-71)57-80-67-27-23-25-65(55-67)75(82)66-26-24-28-68(56-66)81-58-60-31-43-72(44-32-60)90-79(86)64-39-51-74(52-40-64)92-77(84)62-35-47-70(48-36-62)88-54-22-20-18-16-14-12-10-8-6-4-2/h23-52,55-58H,3-22,53-54H2,1-2H3. The van der Waals surface area contributed by atoms with Crippen LogP contribution in [0.2, 0.25) is 0 Å². The Labute approximate surface area is 541 Å². The van der Waals surface area contributed by atoms with Crippen LogP contribution in [0.5, 0.6) is 34.5 Å². The second-order valence-corrected chi connectivity index (χ2v) is 22.8. The van der Waals surface area contributed by atoms with Crippen molar-refractivity contribution in [2.24, 2.45) is 9.98 Å². The van der Waals surface area contributed by atoms with Gasteiger partial charge in [-0.05, 0) is 194 Å². The Morgan fingerprint density at radius 1 is 0.293 bits per heavy atom. The van der Waals surface area contributed by atoms with Crippen LogP contribution < -0.4 is 28.4 Å². The minimum absolute atomic E-state index is 0.203. The van der Waals surface area contributed by atoms with Gasteiger partial charge in [0.2, 0.25) is 0 Å². The van der Waals surface area contributed by atoms with Gasteiger partial charge < -0.3 is 28.4 Å². The molecule has 0 aliphatic carbocycles. The average Bonchev–Trinajstić information content (AvgIpc) is 1.84. The van der Waals surface area contributed by atoms with Gasteiger partial charge in [-0.15, -0.1) is 0 Å². The van der Waals surface area contributed by atoms with Gasteiger partial charge >= 0.3 is 23.9 Å². The fourth-order valence-electron chi connectivity index (χ4n) is 10.1. The minimum Gasteiger partial charge on any atom is -0.494 e. The van der Waals surface area contributed by atoms with Gasteiger partial charge in [0.1, 0.15) is 34.5 Å². The third kappa shape index (κ3) is 23.6. The molecule has 13 heteroatoms. The van der Waals surface area contributed by atoms with Crippen molar-refractivity contribution in [3.05, 3.63) is 239 Å². The second-order valence-electron chi connectivity index (χ2n) is 22.8. The maximum absolute atomic E-state index is 13.7. The van der Waals surface area contributed by atoms with E-state index < -0.39 is 23.9 Å². The largest absolute Gasteiger partial charge is 0.494 e. The quantitative estimate of drug-likeness (QED) is 0.0119. The second kappa shape index (κ2) is 38.1. The maximum atomic E-state index is 13.7. The Morgan fingerprint density at radius 2 is 0.554 bits per heavy atom. The molecule has 0 saturated heterocycles. The van der Waals surface area contributed by atoms with Gasteiger partial charge in [0.05, 0.1) is 46.8 Å². The highest BCUT2D eigenvalue weighted by Gasteiger charge is 2.16. The number of aliphatic imine (C=N–C) groups is 2. The van der Waals surface area contributed by atoms with Crippen molar-refractivity contribution in [3.8, 4) is 34.5 Å². The lowest BCUT2D eigenvalue weighted by molar-refractivity contribution is 0.0720. The molecule has 0 amide bonds. The molecular weight excluding hydrogens is 1150 g/mol. The summed E-state index contributed by atoms with van der Waals surface area (Å²) in [5.74, 6) is 0.244. The Balaban J connectivity index is 0.721. The van der Waals surface area contributed by atoms with Crippen LogP contribution in [0.15, 0.2) is 204 Å². The molecule has 476 valence electrons. The predicted octanol–water partition coefficient (Wildman–Crippen LogP) is 19.9. The number of carbonyl (C=O) groups is 5. The SMILES string of the molecule is CCCCCCCCCCCCOc1ccc(C(=O)Oc2ccc(C(=O)Oc3ccc(C=Nc4cccc(C(=O)c5cccc(N=Cc6ccc(OC(=O)c7ccc(OC(=O)c8ccc(OCCCCCCCCCCCC)cc8)cc7)cc6)c5)c4)cc3)cc2)cc1. The average molecular weight is 1240 g/mol. The number of carbonyl (C=O) groups excluding carboxylic acids is 5. The number of unbranched alkanes of at least 4 members (excludes halogenated alkanes) is 18. The lowest BCUT2D eigenvalue weighted by atomic mass is 10.0. The van der Waals surface area contributed by atoms with Crippen LogP contribution in [-0.4, -0.2) is 55.3 Å². The van der Waals surface area contributed by atoms with Crippen LogP contribution in [0, 0.1) is 0 Å². The molecule has 0 heterocycles. The molecule has 0 radical (unpaired) electrons. The van der Waals surface area contributed by atoms with E-state index in [1.54, 1.807) is 182 Å².